The average molecular weight is 246 g/mol. The molecule has 98 valence electrons. The summed E-state index contributed by atoms with van der Waals surface area (Å²) in [6.07, 6.45) is 7.16. The zero-order chi connectivity index (χ0) is 13.1. The smallest absolute Gasteiger partial charge is 0.120 e. The van der Waals surface area contributed by atoms with Crippen LogP contribution in [0.25, 0.3) is 0 Å². The Morgan fingerprint density at radius 3 is 2.50 bits per heavy atom. The van der Waals surface area contributed by atoms with Gasteiger partial charge in [0.25, 0.3) is 0 Å². The molecule has 1 aromatic rings. The van der Waals surface area contributed by atoms with E-state index in [1.807, 2.05) is 12.1 Å². The van der Waals surface area contributed by atoms with Gasteiger partial charge in [-0.2, -0.15) is 5.26 Å². The van der Waals surface area contributed by atoms with Crippen LogP contribution in [0.2, 0.25) is 0 Å². The summed E-state index contributed by atoms with van der Waals surface area (Å²) >= 11 is 0. The van der Waals surface area contributed by atoms with E-state index in [1.54, 1.807) is 12.1 Å². The fourth-order valence-corrected chi connectivity index (χ4v) is 1.80. The summed E-state index contributed by atoms with van der Waals surface area (Å²) in [5.41, 5.74) is 6.08. The molecule has 0 aliphatic heterocycles. The molecule has 3 heteroatoms. The van der Waals surface area contributed by atoms with Crippen molar-refractivity contribution in [1.29, 1.82) is 5.26 Å². The van der Waals surface area contributed by atoms with Crippen LogP contribution in [0.4, 0.5) is 0 Å². The van der Waals surface area contributed by atoms with Gasteiger partial charge in [-0.1, -0.05) is 31.7 Å². The van der Waals surface area contributed by atoms with Gasteiger partial charge in [-0.3, -0.25) is 0 Å². The number of hydrogen-bond acceptors (Lipinski definition) is 3. The number of hydrogen-bond donors (Lipinski definition) is 1. The standard InChI is InChI=1S/C15H22N2O/c16-10-5-3-1-2-4-6-11-18-15-9-7-8-14(12-15)13-17/h7-9,12H,1-6,10-11,16H2. The van der Waals surface area contributed by atoms with E-state index in [0.717, 1.165) is 31.7 Å². The van der Waals surface area contributed by atoms with Gasteiger partial charge in [0.05, 0.1) is 18.2 Å². The maximum Gasteiger partial charge on any atom is 0.120 e. The minimum Gasteiger partial charge on any atom is -0.494 e. The van der Waals surface area contributed by atoms with E-state index >= 15 is 0 Å². The minimum absolute atomic E-state index is 0.647. The van der Waals surface area contributed by atoms with Crippen LogP contribution in [0.1, 0.15) is 44.1 Å². The molecule has 0 bridgehead atoms. The second-order valence-corrected chi connectivity index (χ2v) is 4.40. The lowest BCUT2D eigenvalue weighted by Crippen LogP contribution is -1.99. The van der Waals surface area contributed by atoms with Gasteiger partial charge in [0.15, 0.2) is 0 Å². The molecule has 0 aromatic heterocycles. The van der Waals surface area contributed by atoms with Crippen molar-refractivity contribution in [1.82, 2.24) is 0 Å². The van der Waals surface area contributed by atoms with Crippen LogP contribution < -0.4 is 10.5 Å². The van der Waals surface area contributed by atoms with Crippen LogP contribution in [0, 0.1) is 11.3 Å². The highest BCUT2D eigenvalue weighted by Gasteiger charge is 1.96. The number of nitrogens with zero attached hydrogens (tertiary/aromatic N) is 1. The Morgan fingerprint density at radius 1 is 1.06 bits per heavy atom. The third kappa shape index (κ3) is 6.27. The summed E-state index contributed by atoms with van der Waals surface area (Å²) in [5.74, 6) is 0.789. The minimum atomic E-state index is 0.647. The van der Waals surface area contributed by atoms with Gasteiger partial charge < -0.3 is 10.5 Å². The Morgan fingerprint density at radius 2 is 1.78 bits per heavy atom. The zero-order valence-corrected chi connectivity index (χ0v) is 10.9. The van der Waals surface area contributed by atoms with Crippen molar-refractivity contribution in [2.24, 2.45) is 5.73 Å². The molecule has 0 atom stereocenters. The van der Waals surface area contributed by atoms with Gasteiger partial charge in [0, 0.05) is 0 Å². The molecule has 3 nitrogen and oxygen atoms in total. The summed E-state index contributed by atoms with van der Waals surface area (Å²) in [6.45, 7) is 1.53. The first-order valence-electron chi connectivity index (χ1n) is 6.70. The Balaban J connectivity index is 2.05. The van der Waals surface area contributed by atoms with Crippen LogP contribution in [0.3, 0.4) is 0 Å². The van der Waals surface area contributed by atoms with Gasteiger partial charge >= 0.3 is 0 Å². The van der Waals surface area contributed by atoms with Crippen LogP contribution in [-0.4, -0.2) is 13.2 Å². The summed E-state index contributed by atoms with van der Waals surface area (Å²) in [4.78, 5) is 0. The lowest BCUT2D eigenvalue weighted by molar-refractivity contribution is 0.304. The van der Waals surface area contributed by atoms with Gasteiger partial charge in [-0.15, -0.1) is 0 Å². The van der Waals surface area contributed by atoms with Crippen molar-refractivity contribution in [3.8, 4) is 11.8 Å². The van der Waals surface area contributed by atoms with Gasteiger partial charge in [-0.25, -0.2) is 0 Å². The summed E-state index contributed by atoms with van der Waals surface area (Å²) in [6, 6.07) is 9.41. The van der Waals surface area contributed by atoms with Crippen LogP contribution >= 0.6 is 0 Å². The molecule has 0 radical (unpaired) electrons. The SMILES string of the molecule is N#Cc1cccc(OCCCCCCCCN)c1. The predicted molar refractivity (Wildman–Crippen MR) is 73.4 cm³/mol. The Hall–Kier alpha value is -1.53. The second-order valence-electron chi connectivity index (χ2n) is 4.40. The molecule has 1 aromatic carbocycles. The molecule has 2 N–H and O–H groups in total. The lowest BCUT2D eigenvalue weighted by Gasteiger charge is -2.06. The van der Waals surface area contributed by atoms with Crippen LogP contribution in [-0.2, 0) is 0 Å². The Bertz CT molecular complexity index is 371. The first kappa shape index (κ1) is 14.5. The fraction of sp³-hybridized carbons (Fsp3) is 0.533. The molecule has 0 aliphatic carbocycles. The van der Waals surface area contributed by atoms with Gasteiger partial charge in [0.1, 0.15) is 5.75 Å². The molecule has 0 saturated heterocycles. The average Bonchev–Trinajstić information content (AvgIpc) is 2.42. The number of nitriles is 1. The second kappa shape index (κ2) is 9.49. The Kier molecular flexibility index (Phi) is 7.66. The number of ether oxygens (including phenoxy) is 1. The monoisotopic (exact) mass is 246 g/mol. The fourth-order valence-electron chi connectivity index (χ4n) is 1.80. The molecule has 0 unspecified atom stereocenters. The summed E-state index contributed by atoms with van der Waals surface area (Å²) in [7, 11) is 0. The molecule has 1 rings (SSSR count). The molecule has 18 heavy (non-hydrogen) atoms. The molecular weight excluding hydrogens is 224 g/mol. The molecule has 0 fully saturated rings. The molecule has 0 aliphatic rings. The molecule has 0 spiro atoms. The molecule has 0 amide bonds. The van der Waals surface area contributed by atoms with Crippen molar-refractivity contribution >= 4 is 0 Å². The third-order valence-corrected chi connectivity index (χ3v) is 2.83. The number of nitrogens with two attached hydrogens (primary N) is 1. The van der Waals surface area contributed by atoms with E-state index in [1.165, 1.54) is 25.7 Å². The largest absolute Gasteiger partial charge is 0.494 e. The van der Waals surface area contributed by atoms with Crippen molar-refractivity contribution < 1.29 is 4.74 Å². The predicted octanol–water partition coefficient (Wildman–Crippen LogP) is 3.24. The Labute approximate surface area is 110 Å². The molecular formula is C15H22N2O. The van der Waals surface area contributed by atoms with Crippen molar-refractivity contribution in [2.75, 3.05) is 13.2 Å². The maximum atomic E-state index is 8.76. The topological polar surface area (TPSA) is 59.0 Å². The van der Waals surface area contributed by atoms with Crippen molar-refractivity contribution in [3.05, 3.63) is 29.8 Å². The normalized spacial score (nSPS) is 10.0. The van der Waals surface area contributed by atoms with E-state index in [-0.39, 0.29) is 0 Å². The number of unbranched alkanes of at least 4 members (excludes halogenated alkanes) is 5. The molecule has 0 saturated carbocycles. The number of benzene rings is 1. The zero-order valence-electron chi connectivity index (χ0n) is 10.9. The summed E-state index contributed by atoms with van der Waals surface area (Å²) in [5, 5.41) is 8.76. The quantitative estimate of drug-likeness (QED) is 0.680. The van der Waals surface area contributed by atoms with E-state index in [2.05, 4.69) is 6.07 Å². The van der Waals surface area contributed by atoms with Gasteiger partial charge in [-0.05, 0) is 37.6 Å². The highest BCUT2D eigenvalue weighted by atomic mass is 16.5. The van der Waals surface area contributed by atoms with Crippen molar-refractivity contribution in [2.45, 2.75) is 38.5 Å². The highest BCUT2D eigenvalue weighted by molar-refractivity contribution is 5.36. The van der Waals surface area contributed by atoms with Crippen molar-refractivity contribution in [3.63, 3.8) is 0 Å². The van der Waals surface area contributed by atoms with E-state index in [9.17, 15) is 0 Å². The highest BCUT2D eigenvalue weighted by Crippen LogP contribution is 2.13. The van der Waals surface area contributed by atoms with E-state index in [0.29, 0.717) is 5.56 Å². The lowest BCUT2D eigenvalue weighted by atomic mass is 10.1. The van der Waals surface area contributed by atoms with Crippen LogP contribution in [0.15, 0.2) is 24.3 Å². The third-order valence-electron chi connectivity index (χ3n) is 2.83. The summed E-state index contributed by atoms with van der Waals surface area (Å²) < 4.78 is 5.61. The molecule has 0 heterocycles. The number of rotatable bonds is 9. The first-order chi connectivity index (χ1) is 8.86. The van der Waals surface area contributed by atoms with Gasteiger partial charge in [0.2, 0.25) is 0 Å². The maximum absolute atomic E-state index is 8.76. The van der Waals surface area contributed by atoms with E-state index in [4.69, 9.17) is 15.7 Å². The van der Waals surface area contributed by atoms with Crippen LogP contribution in [0.5, 0.6) is 5.75 Å². The first-order valence-corrected chi connectivity index (χ1v) is 6.70. The van der Waals surface area contributed by atoms with E-state index < -0.39 is 0 Å².